The molecule has 0 spiro atoms. The van der Waals surface area contributed by atoms with Gasteiger partial charge in [0.05, 0.1) is 18.8 Å². The fraction of sp³-hybridized carbons (Fsp3) is 0.150. The Labute approximate surface area is 167 Å². The molecule has 0 aliphatic rings. The maximum atomic E-state index is 12.2. The first kappa shape index (κ1) is 19.1. The maximum absolute atomic E-state index is 12.2. The first-order valence-corrected chi connectivity index (χ1v) is 9.14. The average molecular weight is 401 g/mol. The minimum Gasteiger partial charge on any atom is -0.346 e. The molecule has 0 fully saturated rings. The predicted octanol–water partition coefficient (Wildman–Crippen LogP) is 4.52. The van der Waals surface area contributed by atoms with E-state index in [-0.39, 0.29) is 11.9 Å². The van der Waals surface area contributed by atoms with E-state index in [1.807, 2.05) is 37.3 Å². The number of aromatic nitrogens is 3. The van der Waals surface area contributed by atoms with E-state index in [1.165, 1.54) is 6.08 Å². The molecule has 1 aromatic heterocycles. The normalized spacial score (nSPS) is 12.3. The Hall–Kier alpha value is -2.63. The van der Waals surface area contributed by atoms with Crippen LogP contribution in [0.1, 0.15) is 29.8 Å². The highest BCUT2D eigenvalue weighted by Gasteiger charge is 2.11. The van der Waals surface area contributed by atoms with Gasteiger partial charge in [-0.05, 0) is 36.3 Å². The van der Waals surface area contributed by atoms with Gasteiger partial charge in [-0.25, -0.2) is 4.68 Å². The molecule has 138 valence electrons. The molecular formula is C20H18Cl2N4O. The van der Waals surface area contributed by atoms with E-state index in [4.69, 9.17) is 23.2 Å². The van der Waals surface area contributed by atoms with Gasteiger partial charge >= 0.3 is 0 Å². The van der Waals surface area contributed by atoms with Crippen molar-refractivity contribution in [3.8, 4) is 0 Å². The van der Waals surface area contributed by atoms with Crippen LogP contribution in [-0.4, -0.2) is 20.9 Å². The van der Waals surface area contributed by atoms with Crippen LogP contribution in [0, 0.1) is 0 Å². The summed E-state index contributed by atoms with van der Waals surface area (Å²) in [5.74, 6) is -0.244. The van der Waals surface area contributed by atoms with Gasteiger partial charge in [0.25, 0.3) is 0 Å². The SMILES string of the molecule is C[C@H](NC(=O)/C=C/c1cn(Cc2ccccc2)nn1)c1ccc(Cl)cc1Cl. The van der Waals surface area contributed by atoms with Crippen LogP contribution >= 0.6 is 23.2 Å². The number of carbonyl (C=O) groups excluding carboxylic acids is 1. The summed E-state index contributed by atoms with van der Waals surface area (Å²) in [6.07, 6.45) is 4.84. The number of nitrogens with zero attached hydrogens (tertiary/aromatic N) is 3. The van der Waals surface area contributed by atoms with Gasteiger partial charge in [-0.2, -0.15) is 0 Å². The van der Waals surface area contributed by atoms with Gasteiger partial charge in [-0.15, -0.1) is 5.10 Å². The van der Waals surface area contributed by atoms with Crippen molar-refractivity contribution in [2.75, 3.05) is 0 Å². The van der Waals surface area contributed by atoms with Crippen LogP contribution in [0.25, 0.3) is 6.08 Å². The molecule has 1 atom stereocenters. The molecule has 1 N–H and O–H groups in total. The van der Waals surface area contributed by atoms with E-state index < -0.39 is 0 Å². The van der Waals surface area contributed by atoms with Crippen LogP contribution in [0.3, 0.4) is 0 Å². The van der Waals surface area contributed by atoms with Crippen molar-refractivity contribution in [1.29, 1.82) is 0 Å². The van der Waals surface area contributed by atoms with Crippen LogP contribution in [0.4, 0.5) is 0 Å². The van der Waals surface area contributed by atoms with Gasteiger partial charge in [0.15, 0.2) is 0 Å². The second-order valence-electron chi connectivity index (χ2n) is 6.06. The Morgan fingerprint density at radius 2 is 2.00 bits per heavy atom. The fourth-order valence-corrected chi connectivity index (χ4v) is 3.16. The van der Waals surface area contributed by atoms with Crippen molar-refractivity contribution >= 4 is 35.2 Å². The largest absolute Gasteiger partial charge is 0.346 e. The lowest BCUT2D eigenvalue weighted by Crippen LogP contribution is -2.24. The van der Waals surface area contributed by atoms with E-state index in [2.05, 4.69) is 15.6 Å². The zero-order valence-electron chi connectivity index (χ0n) is 14.6. The molecule has 0 bridgehead atoms. The monoisotopic (exact) mass is 400 g/mol. The standard InChI is InChI=1S/C20H18Cl2N4O/c1-14(18-9-7-16(21)11-19(18)22)23-20(27)10-8-17-13-26(25-24-17)12-15-5-3-2-4-6-15/h2-11,13-14H,12H2,1H3,(H,23,27)/b10-8+/t14-/m0/s1. The Morgan fingerprint density at radius 3 is 2.74 bits per heavy atom. The summed E-state index contributed by atoms with van der Waals surface area (Å²) in [5, 5.41) is 12.1. The quantitative estimate of drug-likeness (QED) is 0.618. The summed E-state index contributed by atoms with van der Waals surface area (Å²) in [5.41, 5.74) is 2.54. The third kappa shape index (κ3) is 5.42. The highest BCUT2D eigenvalue weighted by molar-refractivity contribution is 6.35. The minimum atomic E-state index is -0.249. The van der Waals surface area contributed by atoms with Gasteiger partial charge in [0, 0.05) is 16.1 Å². The van der Waals surface area contributed by atoms with Crippen molar-refractivity contribution in [3.05, 3.63) is 87.7 Å². The molecule has 0 unspecified atom stereocenters. The highest BCUT2D eigenvalue weighted by Crippen LogP contribution is 2.26. The lowest BCUT2D eigenvalue weighted by atomic mass is 10.1. The molecule has 1 amide bonds. The van der Waals surface area contributed by atoms with Crippen LogP contribution in [0.2, 0.25) is 10.0 Å². The second-order valence-corrected chi connectivity index (χ2v) is 6.90. The van der Waals surface area contributed by atoms with Gasteiger partial charge in [0.1, 0.15) is 5.69 Å². The maximum Gasteiger partial charge on any atom is 0.244 e. The van der Waals surface area contributed by atoms with Crippen molar-refractivity contribution in [2.45, 2.75) is 19.5 Å². The molecule has 0 aliphatic carbocycles. The summed E-state index contributed by atoms with van der Waals surface area (Å²) in [6, 6.07) is 14.9. The van der Waals surface area contributed by atoms with E-state index >= 15 is 0 Å². The van der Waals surface area contributed by atoms with Crippen molar-refractivity contribution in [2.24, 2.45) is 0 Å². The number of amides is 1. The zero-order chi connectivity index (χ0) is 19.2. The van der Waals surface area contributed by atoms with Crippen LogP contribution in [-0.2, 0) is 11.3 Å². The molecule has 0 saturated heterocycles. The summed E-state index contributed by atoms with van der Waals surface area (Å²) >= 11 is 12.1. The number of carbonyl (C=O) groups is 1. The lowest BCUT2D eigenvalue weighted by Gasteiger charge is -2.14. The van der Waals surface area contributed by atoms with Gasteiger partial charge in [0.2, 0.25) is 5.91 Å². The smallest absolute Gasteiger partial charge is 0.244 e. The third-order valence-corrected chi connectivity index (χ3v) is 4.50. The van der Waals surface area contributed by atoms with E-state index in [0.717, 1.165) is 11.1 Å². The first-order valence-electron chi connectivity index (χ1n) is 8.39. The fourth-order valence-electron chi connectivity index (χ4n) is 2.59. The molecule has 5 nitrogen and oxygen atoms in total. The number of hydrogen-bond donors (Lipinski definition) is 1. The van der Waals surface area contributed by atoms with Crippen molar-refractivity contribution in [1.82, 2.24) is 20.3 Å². The average Bonchev–Trinajstić information content (AvgIpc) is 3.08. The molecular weight excluding hydrogens is 383 g/mol. The number of benzene rings is 2. The molecule has 1 heterocycles. The first-order chi connectivity index (χ1) is 13.0. The molecule has 27 heavy (non-hydrogen) atoms. The molecule has 0 radical (unpaired) electrons. The highest BCUT2D eigenvalue weighted by atomic mass is 35.5. The Morgan fingerprint density at radius 1 is 1.22 bits per heavy atom. The number of hydrogen-bond acceptors (Lipinski definition) is 3. The van der Waals surface area contributed by atoms with Gasteiger partial charge in [-0.3, -0.25) is 4.79 Å². The summed E-state index contributed by atoms with van der Waals surface area (Å²) < 4.78 is 1.73. The Kier molecular flexibility index (Phi) is 6.27. The molecule has 3 aromatic rings. The van der Waals surface area contributed by atoms with Crippen molar-refractivity contribution in [3.63, 3.8) is 0 Å². The summed E-state index contributed by atoms with van der Waals surface area (Å²) in [7, 11) is 0. The van der Waals surface area contributed by atoms with Gasteiger partial charge < -0.3 is 5.32 Å². The lowest BCUT2D eigenvalue weighted by molar-refractivity contribution is -0.117. The van der Waals surface area contributed by atoms with E-state index in [0.29, 0.717) is 22.3 Å². The Balaban J connectivity index is 1.58. The second kappa shape index (κ2) is 8.84. The van der Waals surface area contributed by atoms with Gasteiger partial charge in [-0.1, -0.05) is 64.8 Å². The number of halogens is 2. The van der Waals surface area contributed by atoms with Crippen LogP contribution in [0.15, 0.2) is 60.8 Å². The molecule has 3 rings (SSSR count). The molecule has 0 aliphatic heterocycles. The third-order valence-electron chi connectivity index (χ3n) is 3.94. The van der Waals surface area contributed by atoms with Crippen molar-refractivity contribution < 1.29 is 4.79 Å². The minimum absolute atomic E-state index is 0.244. The Bertz CT molecular complexity index is 954. The van der Waals surface area contributed by atoms with Crippen LogP contribution < -0.4 is 5.32 Å². The molecule has 2 aromatic carbocycles. The number of rotatable bonds is 6. The topological polar surface area (TPSA) is 59.8 Å². The van der Waals surface area contributed by atoms with E-state index in [9.17, 15) is 4.79 Å². The zero-order valence-corrected chi connectivity index (χ0v) is 16.2. The predicted molar refractivity (Wildman–Crippen MR) is 108 cm³/mol. The molecule has 7 heteroatoms. The van der Waals surface area contributed by atoms with Crippen LogP contribution in [0.5, 0.6) is 0 Å². The molecule has 0 saturated carbocycles. The summed E-state index contributed by atoms with van der Waals surface area (Å²) in [6.45, 7) is 2.48. The summed E-state index contributed by atoms with van der Waals surface area (Å²) in [4.78, 5) is 12.2. The number of nitrogens with one attached hydrogen (secondary N) is 1. The van der Waals surface area contributed by atoms with E-state index in [1.54, 1.807) is 35.2 Å².